The number of hydrogen-bond donors (Lipinski definition) is 1. The molecule has 0 saturated carbocycles. The van der Waals surface area contributed by atoms with Crippen LogP contribution in [0.1, 0.15) is 16.8 Å². The molecule has 0 amide bonds. The van der Waals surface area contributed by atoms with Crippen molar-refractivity contribution in [3.8, 4) is 11.5 Å². The lowest BCUT2D eigenvalue weighted by atomic mass is 10.0. The highest BCUT2D eigenvalue weighted by Crippen LogP contribution is 2.28. The molecule has 21 heavy (non-hydrogen) atoms. The fraction of sp³-hybridized carbons (Fsp3) is 0.167. The lowest BCUT2D eigenvalue weighted by Crippen LogP contribution is -1.95. The Hall–Kier alpha value is -2.55. The molecule has 0 spiro atoms. The predicted octanol–water partition coefficient (Wildman–Crippen LogP) is 3.85. The Morgan fingerprint density at radius 2 is 1.81 bits per heavy atom. The first-order valence-corrected chi connectivity index (χ1v) is 6.87. The highest BCUT2D eigenvalue weighted by molar-refractivity contribution is 5.84. The van der Waals surface area contributed by atoms with Crippen molar-refractivity contribution in [1.29, 1.82) is 0 Å². The number of aromatic hydroxyl groups is 1. The summed E-state index contributed by atoms with van der Waals surface area (Å²) in [6.45, 7) is 1.98. The van der Waals surface area contributed by atoms with Gasteiger partial charge in [0.25, 0.3) is 0 Å². The van der Waals surface area contributed by atoms with E-state index < -0.39 is 0 Å². The third-order valence-corrected chi connectivity index (χ3v) is 3.59. The zero-order valence-electron chi connectivity index (χ0n) is 12.1. The summed E-state index contributed by atoms with van der Waals surface area (Å²) in [6.07, 6.45) is 2.65. The highest BCUT2D eigenvalue weighted by Gasteiger charge is 2.07. The number of benzene rings is 2. The number of aryl methyl sites for hydroxylation is 1. The number of phenolic OH excluding ortho intramolecular Hbond substituents is 1. The Bertz CT molecular complexity index is 779. The van der Waals surface area contributed by atoms with Crippen LogP contribution < -0.4 is 4.74 Å². The molecule has 0 fully saturated rings. The quantitative estimate of drug-likeness (QED) is 0.792. The summed E-state index contributed by atoms with van der Waals surface area (Å²) in [5.41, 5.74) is 3.24. The van der Waals surface area contributed by atoms with Crippen molar-refractivity contribution in [2.24, 2.45) is 0 Å². The smallest absolute Gasteiger partial charge is 0.123 e. The maximum Gasteiger partial charge on any atom is 0.123 e. The van der Waals surface area contributed by atoms with Gasteiger partial charge in [0.2, 0.25) is 0 Å². The maximum absolute atomic E-state index is 9.36. The summed E-state index contributed by atoms with van der Waals surface area (Å²) < 4.78 is 5.52. The Balaban J connectivity index is 2.04. The van der Waals surface area contributed by atoms with E-state index in [9.17, 15) is 5.11 Å². The van der Waals surface area contributed by atoms with E-state index in [0.29, 0.717) is 0 Å². The molecule has 1 N–H and O–H groups in total. The molecule has 0 aliphatic carbocycles. The molecule has 0 radical (unpaired) electrons. The molecule has 3 nitrogen and oxygen atoms in total. The van der Waals surface area contributed by atoms with Crippen molar-refractivity contribution < 1.29 is 9.84 Å². The van der Waals surface area contributed by atoms with Crippen molar-refractivity contribution in [3.63, 3.8) is 0 Å². The Morgan fingerprint density at radius 3 is 2.52 bits per heavy atom. The molecule has 3 heteroatoms. The number of aromatic nitrogens is 1. The zero-order chi connectivity index (χ0) is 14.8. The standard InChI is InChI=1S/C18H17NO2/c1-12-7-14-10-18(21-2)15(9-16(14)11-19-12)8-13-3-5-17(20)6-4-13/h3-7,9-11,20H,8H2,1-2H3. The second-order valence-electron chi connectivity index (χ2n) is 5.18. The molecule has 1 heterocycles. The number of phenols is 1. The summed E-state index contributed by atoms with van der Waals surface area (Å²) >= 11 is 0. The Labute approximate surface area is 123 Å². The largest absolute Gasteiger partial charge is 0.508 e. The summed E-state index contributed by atoms with van der Waals surface area (Å²) in [4.78, 5) is 4.35. The second kappa shape index (κ2) is 5.44. The molecular formula is C18H17NO2. The van der Waals surface area contributed by atoms with Crippen LogP contribution in [0.5, 0.6) is 11.5 Å². The average Bonchev–Trinajstić information content (AvgIpc) is 2.49. The van der Waals surface area contributed by atoms with Gasteiger partial charge in [0.15, 0.2) is 0 Å². The SMILES string of the molecule is COc1cc2cc(C)ncc2cc1Cc1ccc(O)cc1. The van der Waals surface area contributed by atoms with E-state index in [1.54, 1.807) is 19.2 Å². The minimum atomic E-state index is 0.281. The third-order valence-electron chi connectivity index (χ3n) is 3.59. The Morgan fingerprint density at radius 1 is 1.05 bits per heavy atom. The lowest BCUT2D eigenvalue weighted by molar-refractivity contribution is 0.411. The van der Waals surface area contributed by atoms with Crippen LogP contribution in [0.15, 0.2) is 48.7 Å². The van der Waals surface area contributed by atoms with Gasteiger partial charge in [0, 0.05) is 23.7 Å². The molecule has 0 aliphatic rings. The molecule has 106 valence electrons. The van der Waals surface area contributed by atoms with E-state index in [1.807, 2.05) is 25.3 Å². The summed E-state index contributed by atoms with van der Waals surface area (Å²) in [5, 5.41) is 11.6. The molecule has 0 saturated heterocycles. The van der Waals surface area contributed by atoms with Crippen LogP contribution in [0.3, 0.4) is 0 Å². The first-order valence-electron chi connectivity index (χ1n) is 6.87. The van der Waals surface area contributed by atoms with Gasteiger partial charge in [-0.05, 0) is 53.8 Å². The van der Waals surface area contributed by atoms with Crippen LogP contribution in [0.2, 0.25) is 0 Å². The molecule has 2 aromatic carbocycles. The van der Waals surface area contributed by atoms with Crippen LogP contribution in [0.4, 0.5) is 0 Å². The molecule has 3 rings (SSSR count). The molecule has 0 bridgehead atoms. The summed E-state index contributed by atoms with van der Waals surface area (Å²) in [7, 11) is 1.69. The molecule has 3 aromatic rings. The molecular weight excluding hydrogens is 262 g/mol. The fourth-order valence-corrected chi connectivity index (χ4v) is 2.49. The molecule has 0 atom stereocenters. The zero-order valence-corrected chi connectivity index (χ0v) is 12.1. The van der Waals surface area contributed by atoms with E-state index >= 15 is 0 Å². The van der Waals surface area contributed by atoms with Crippen LogP contribution >= 0.6 is 0 Å². The van der Waals surface area contributed by atoms with Crippen molar-refractivity contribution in [2.45, 2.75) is 13.3 Å². The van der Waals surface area contributed by atoms with Gasteiger partial charge in [-0.2, -0.15) is 0 Å². The van der Waals surface area contributed by atoms with Gasteiger partial charge in [0.05, 0.1) is 7.11 Å². The molecule has 0 aliphatic heterocycles. The number of rotatable bonds is 3. The highest BCUT2D eigenvalue weighted by atomic mass is 16.5. The van der Waals surface area contributed by atoms with Gasteiger partial charge in [-0.15, -0.1) is 0 Å². The van der Waals surface area contributed by atoms with E-state index in [0.717, 1.165) is 39.8 Å². The van der Waals surface area contributed by atoms with Crippen molar-refractivity contribution in [3.05, 3.63) is 65.5 Å². The summed E-state index contributed by atoms with van der Waals surface area (Å²) in [5.74, 6) is 1.16. The van der Waals surface area contributed by atoms with Crippen LogP contribution in [0.25, 0.3) is 10.8 Å². The normalized spacial score (nSPS) is 10.8. The Kier molecular flexibility index (Phi) is 3.48. The third kappa shape index (κ3) is 2.82. The molecule has 0 unspecified atom stereocenters. The van der Waals surface area contributed by atoms with Gasteiger partial charge in [-0.25, -0.2) is 0 Å². The van der Waals surface area contributed by atoms with E-state index in [-0.39, 0.29) is 5.75 Å². The van der Waals surface area contributed by atoms with E-state index in [1.165, 1.54) is 0 Å². The van der Waals surface area contributed by atoms with Gasteiger partial charge in [0.1, 0.15) is 11.5 Å². The predicted molar refractivity (Wildman–Crippen MR) is 83.9 cm³/mol. The first-order chi connectivity index (χ1) is 10.2. The first kappa shape index (κ1) is 13.4. The van der Waals surface area contributed by atoms with Crippen molar-refractivity contribution in [2.75, 3.05) is 7.11 Å². The monoisotopic (exact) mass is 279 g/mol. The summed E-state index contributed by atoms with van der Waals surface area (Å²) in [6, 6.07) is 13.5. The van der Waals surface area contributed by atoms with Gasteiger partial charge in [-0.1, -0.05) is 12.1 Å². The van der Waals surface area contributed by atoms with E-state index in [2.05, 4.69) is 23.2 Å². The number of methoxy groups -OCH3 is 1. The minimum Gasteiger partial charge on any atom is -0.508 e. The topological polar surface area (TPSA) is 42.4 Å². The van der Waals surface area contributed by atoms with Gasteiger partial charge in [-0.3, -0.25) is 4.98 Å². The number of ether oxygens (including phenoxy) is 1. The van der Waals surface area contributed by atoms with Gasteiger partial charge < -0.3 is 9.84 Å². The van der Waals surface area contributed by atoms with Crippen molar-refractivity contribution >= 4 is 10.8 Å². The minimum absolute atomic E-state index is 0.281. The maximum atomic E-state index is 9.36. The van der Waals surface area contributed by atoms with Gasteiger partial charge >= 0.3 is 0 Å². The second-order valence-corrected chi connectivity index (χ2v) is 5.18. The molecule has 1 aromatic heterocycles. The fourth-order valence-electron chi connectivity index (χ4n) is 2.49. The number of hydrogen-bond acceptors (Lipinski definition) is 3. The van der Waals surface area contributed by atoms with Crippen LogP contribution in [0, 0.1) is 6.92 Å². The van der Waals surface area contributed by atoms with Crippen molar-refractivity contribution in [1.82, 2.24) is 4.98 Å². The number of fused-ring (bicyclic) bond motifs is 1. The van der Waals surface area contributed by atoms with E-state index in [4.69, 9.17) is 4.74 Å². The van der Waals surface area contributed by atoms with Crippen LogP contribution in [-0.2, 0) is 6.42 Å². The average molecular weight is 279 g/mol. The van der Waals surface area contributed by atoms with Crippen LogP contribution in [-0.4, -0.2) is 17.2 Å². The lowest BCUT2D eigenvalue weighted by Gasteiger charge is -2.11. The number of nitrogens with zero attached hydrogens (tertiary/aromatic N) is 1. The number of pyridine rings is 1.